The average molecular weight is 329 g/mol. The second kappa shape index (κ2) is 4.82. The summed E-state index contributed by atoms with van der Waals surface area (Å²) in [5.41, 5.74) is 1.93. The summed E-state index contributed by atoms with van der Waals surface area (Å²) >= 11 is 9.75. The third-order valence-electron chi connectivity index (χ3n) is 3.90. The van der Waals surface area contributed by atoms with E-state index in [-0.39, 0.29) is 0 Å². The first-order valence-corrected chi connectivity index (χ1v) is 7.53. The highest BCUT2D eigenvalue weighted by Crippen LogP contribution is 2.37. The minimum absolute atomic E-state index is 0.531. The van der Waals surface area contributed by atoms with E-state index >= 15 is 0 Å². The third-order valence-corrected chi connectivity index (χ3v) is 4.73. The molecule has 0 radical (unpaired) electrons. The molecule has 96 valence electrons. The van der Waals surface area contributed by atoms with Crippen LogP contribution in [-0.2, 0) is 0 Å². The standard InChI is InChI=1S/C13H15BrClN3/c1-8-4-2-3-5-9(8)11-6-12(15)18-13(17-11)10(14)7-16-18/h6-9H,2-5H2,1H3/t8-,9-/m1/s1. The lowest BCUT2D eigenvalue weighted by molar-refractivity contribution is 0.325. The first-order chi connectivity index (χ1) is 8.66. The van der Waals surface area contributed by atoms with Gasteiger partial charge in [0.15, 0.2) is 5.65 Å². The van der Waals surface area contributed by atoms with Gasteiger partial charge < -0.3 is 0 Å². The molecule has 0 unspecified atom stereocenters. The van der Waals surface area contributed by atoms with Crippen LogP contribution < -0.4 is 0 Å². The summed E-state index contributed by atoms with van der Waals surface area (Å²) in [7, 11) is 0. The number of hydrogen-bond acceptors (Lipinski definition) is 2. The number of hydrogen-bond donors (Lipinski definition) is 0. The van der Waals surface area contributed by atoms with Gasteiger partial charge in [-0.2, -0.15) is 5.10 Å². The molecule has 5 heteroatoms. The fourth-order valence-electron chi connectivity index (χ4n) is 2.86. The first kappa shape index (κ1) is 12.4. The molecule has 0 N–H and O–H groups in total. The van der Waals surface area contributed by atoms with Gasteiger partial charge in [-0.05, 0) is 34.3 Å². The minimum atomic E-state index is 0.531. The van der Waals surface area contributed by atoms with Crippen LogP contribution >= 0.6 is 27.5 Å². The highest BCUT2D eigenvalue weighted by Gasteiger charge is 2.25. The number of aromatic nitrogens is 3. The van der Waals surface area contributed by atoms with Crippen molar-refractivity contribution in [2.75, 3.05) is 0 Å². The van der Waals surface area contributed by atoms with Gasteiger partial charge in [0.1, 0.15) is 5.15 Å². The Kier molecular flexibility index (Phi) is 3.32. The first-order valence-electron chi connectivity index (χ1n) is 6.36. The third kappa shape index (κ3) is 2.05. The minimum Gasteiger partial charge on any atom is -0.232 e. The number of rotatable bonds is 1. The molecule has 2 heterocycles. The summed E-state index contributed by atoms with van der Waals surface area (Å²) in [4.78, 5) is 4.74. The van der Waals surface area contributed by atoms with Gasteiger partial charge in [-0.15, -0.1) is 0 Å². The molecule has 1 aliphatic rings. The maximum atomic E-state index is 6.28. The van der Waals surface area contributed by atoms with Crippen molar-refractivity contribution in [2.45, 2.75) is 38.5 Å². The van der Waals surface area contributed by atoms with Crippen molar-refractivity contribution < 1.29 is 0 Å². The van der Waals surface area contributed by atoms with E-state index in [1.807, 2.05) is 6.07 Å². The molecule has 0 bridgehead atoms. The summed E-state index contributed by atoms with van der Waals surface area (Å²) in [6, 6.07) is 1.97. The summed E-state index contributed by atoms with van der Waals surface area (Å²) in [5, 5.41) is 4.84. The highest BCUT2D eigenvalue weighted by molar-refractivity contribution is 9.10. The van der Waals surface area contributed by atoms with Crippen LogP contribution in [0, 0.1) is 5.92 Å². The molecule has 0 amide bonds. The topological polar surface area (TPSA) is 30.2 Å². The van der Waals surface area contributed by atoms with Gasteiger partial charge in [0.05, 0.1) is 10.7 Å². The largest absolute Gasteiger partial charge is 0.232 e. The van der Waals surface area contributed by atoms with Crippen molar-refractivity contribution in [2.24, 2.45) is 5.92 Å². The summed E-state index contributed by atoms with van der Waals surface area (Å²) in [6.07, 6.45) is 6.87. The molecular weight excluding hydrogens is 314 g/mol. The Balaban J connectivity index is 2.08. The Hall–Kier alpha value is -0.610. The molecule has 2 atom stereocenters. The Morgan fingerprint density at radius 1 is 1.39 bits per heavy atom. The van der Waals surface area contributed by atoms with Crippen LogP contribution in [-0.4, -0.2) is 14.6 Å². The molecule has 0 aliphatic heterocycles. The molecule has 2 aromatic heterocycles. The van der Waals surface area contributed by atoms with Gasteiger partial charge in [0, 0.05) is 11.6 Å². The molecule has 0 aromatic carbocycles. The maximum Gasteiger partial charge on any atom is 0.171 e. The molecular formula is C13H15BrClN3. The number of fused-ring (bicyclic) bond motifs is 1. The van der Waals surface area contributed by atoms with Gasteiger partial charge in [-0.1, -0.05) is 37.8 Å². The molecule has 0 saturated heterocycles. The Morgan fingerprint density at radius 2 is 2.17 bits per heavy atom. The van der Waals surface area contributed by atoms with Gasteiger partial charge in [0.25, 0.3) is 0 Å². The monoisotopic (exact) mass is 327 g/mol. The summed E-state index contributed by atoms with van der Waals surface area (Å²) < 4.78 is 2.57. The quantitative estimate of drug-likeness (QED) is 0.724. The summed E-state index contributed by atoms with van der Waals surface area (Å²) in [5.74, 6) is 1.22. The van der Waals surface area contributed by atoms with Crippen molar-refractivity contribution in [1.82, 2.24) is 14.6 Å². The maximum absolute atomic E-state index is 6.28. The number of nitrogens with zero attached hydrogens (tertiary/aromatic N) is 3. The Bertz CT molecular complexity index is 581. The molecule has 1 aliphatic carbocycles. The van der Waals surface area contributed by atoms with Gasteiger partial charge in [-0.25, -0.2) is 9.50 Å². The molecule has 3 rings (SSSR count). The fourth-order valence-corrected chi connectivity index (χ4v) is 3.45. The van der Waals surface area contributed by atoms with Gasteiger partial charge >= 0.3 is 0 Å². The van der Waals surface area contributed by atoms with Gasteiger partial charge in [-0.3, -0.25) is 0 Å². The van der Waals surface area contributed by atoms with E-state index in [1.165, 1.54) is 25.7 Å². The molecule has 1 fully saturated rings. The average Bonchev–Trinajstić information content (AvgIpc) is 2.72. The summed E-state index contributed by atoms with van der Waals surface area (Å²) in [6.45, 7) is 2.31. The zero-order valence-corrected chi connectivity index (χ0v) is 12.6. The lowest BCUT2D eigenvalue weighted by Crippen LogP contribution is -2.16. The molecule has 1 saturated carbocycles. The van der Waals surface area contributed by atoms with Crippen molar-refractivity contribution in [3.63, 3.8) is 0 Å². The van der Waals surface area contributed by atoms with Crippen LogP contribution in [0.25, 0.3) is 5.65 Å². The van der Waals surface area contributed by atoms with E-state index in [4.69, 9.17) is 16.6 Å². The predicted molar refractivity (Wildman–Crippen MR) is 76.1 cm³/mol. The zero-order chi connectivity index (χ0) is 12.7. The van der Waals surface area contributed by atoms with Crippen molar-refractivity contribution in [1.29, 1.82) is 0 Å². The fraction of sp³-hybridized carbons (Fsp3) is 0.538. The normalized spacial score (nSPS) is 24.6. The molecule has 2 aromatic rings. The van der Waals surface area contributed by atoms with E-state index in [0.717, 1.165) is 15.8 Å². The van der Waals surface area contributed by atoms with Crippen molar-refractivity contribution >= 4 is 33.2 Å². The second-order valence-electron chi connectivity index (χ2n) is 5.10. The van der Waals surface area contributed by atoms with Crippen LogP contribution in [0.1, 0.15) is 44.2 Å². The van der Waals surface area contributed by atoms with E-state index in [0.29, 0.717) is 17.0 Å². The lowest BCUT2D eigenvalue weighted by Gasteiger charge is -2.28. The van der Waals surface area contributed by atoms with E-state index in [9.17, 15) is 0 Å². The van der Waals surface area contributed by atoms with E-state index < -0.39 is 0 Å². The Morgan fingerprint density at radius 3 is 2.94 bits per heavy atom. The molecule has 3 nitrogen and oxygen atoms in total. The zero-order valence-electron chi connectivity index (χ0n) is 10.2. The van der Waals surface area contributed by atoms with Crippen LogP contribution in [0.5, 0.6) is 0 Å². The smallest absolute Gasteiger partial charge is 0.171 e. The van der Waals surface area contributed by atoms with Crippen LogP contribution in [0.15, 0.2) is 16.7 Å². The molecule has 18 heavy (non-hydrogen) atoms. The molecule has 0 spiro atoms. The van der Waals surface area contributed by atoms with Crippen LogP contribution in [0.3, 0.4) is 0 Å². The van der Waals surface area contributed by atoms with Gasteiger partial charge in [0.2, 0.25) is 0 Å². The predicted octanol–water partition coefficient (Wildman–Crippen LogP) is 4.44. The highest BCUT2D eigenvalue weighted by atomic mass is 79.9. The van der Waals surface area contributed by atoms with E-state index in [1.54, 1.807) is 10.7 Å². The Labute approximate surface area is 120 Å². The van der Waals surface area contributed by atoms with Crippen LogP contribution in [0.4, 0.5) is 0 Å². The SMILES string of the molecule is C[C@@H]1CCCC[C@H]1c1cc(Cl)n2ncc(Br)c2n1. The van der Waals surface area contributed by atoms with Crippen molar-refractivity contribution in [3.05, 3.63) is 27.6 Å². The lowest BCUT2D eigenvalue weighted by atomic mass is 9.78. The van der Waals surface area contributed by atoms with E-state index in [2.05, 4.69) is 28.0 Å². The van der Waals surface area contributed by atoms with Crippen LogP contribution in [0.2, 0.25) is 5.15 Å². The number of halogens is 2. The van der Waals surface area contributed by atoms with Crippen molar-refractivity contribution in [3.8, 4) is 0 Å². The second-order valence-corrected chi connectivity index (χ2v) is 6.34.